The Hall–Kier alpha value is -2.49. The predicted molar refractivity (Wildman–Crippen MR) is 81.6 cm³/mol. The van der Waals surface area contributed by atoms with Crippen molar-refractivity contribution in [3.05, 3.63) is 65.7 Å². The third-order valence-corrected chi connectivity index (χ3v) is 2.91. The molecule has 4 N–H and O–H groups in total. The molecule has 0 aliphatic rings. The summed E-state index contributed by atoms with van der Waals surface area (Å²) >= 11 is 0. The third kappa shape index (κ3) is 4.65. The first kappa shape index (κ1) is 13.9. The van der Waals surface area contributed by atoms with Crippen LogP contribution in [0.2, 0.25) is 0 Å². The molecule has 0 unspecified atom stereocenters. The summed E-state index contributed by atoms with van der Waals surface area (Å²) in [4.78, 5) is 4.24. The summed E-state index contributed by atoms with van der Waals surface area (Å²) in [7, 11) is 0. The Morgan fingerprint density at radius 2 is 1.80 bits per heavy atom. The molecule has 0 aromatic heterocycles. The maximum atomic E-state index is 9.35. The number of phenolic OH excluding ortho intramolecular Hbond substituents is 1. The molecule has 0 atom stereocenters. The zero-order valence-electron chi connectivity index (χ0n) is 11.3. The monoisotopic (exact) mass is 269 g/mol. The third-order valence-electron chi connectivity index (χ3n) is 2.91. The van der Waals surface area contributed by atoms with Crippen molar-refractivity contribution in [2.75, 3.05) is 6.54 Å². The predicted octanol–water partition coefficient (Wildman–Crippen LogP) is 2.04. The fraction of sp³-hybridized carbons (Fsp3) is 0.188. The van der Waals surface area contributed by atoms with Gasteiger partial charge in [0.25, 0.3) is 0 Å². The van der Waals surface area contributed by atoms with Crippen molar-refractivity contribution in [3.63, 3.8) is 0 Å². The number of nitrogens with two attached hydrogens (primary N) is 1. The summed E-state index contributed by atoms with van der Waals surface area (Å²) in [6.45, 7) is 1.21. The minimum absolute atomic E-state index is 0.244. The van der Waals surface area contributed by atoms with E-state index in [4.69, 9.17) is 5.73 Å². The zero-order chi connectivity index (χ0) is 14.2. The molecule has 0 heterocycles. The summed E-state index contributed by atoms with van der Waals surface area (Å²) in [6, 6.07) is 17.2. The number of rotatable bonds is 5. The Labute approximate surface area is 119 Å². The van der Waals surface area contributed by atoms with Crippen LogP contribution in [0.4, 0.5) is 0 Å². The lowest BCUT2D eigenvalue weighted by Gasteiger charge is -2.06. The molecule has 104 valence electrons. The summed E-state index contributed by atoms with van der Waals surface area (Å²) in [5.41, 5.74) is 7.99. The second kappa shape index (κ2) is 7.19. The molecule has 2 rings (SSSR count). The van der Waals surface area contributed by atoms with Crippen molar-refractivity contribution in [1.29, 1.82) is 0 Å². The molecule has 2 aromatic rings. The average Bonchev–Trinajstić information content (AvgIpc) is 2.46. The van der Waals surface area contributed by atoms with Crippen molar-refractivity contribution in [2.45, 2.75) is 13.0 Å². The highest BCUT2D eigenvalue weighted by molar-refractivity contribution is 5.77. The average molecular weight is 269 g/mol. The van der Waals surface area contributed by atoms with Gasteiger partial charge in [-0.25, -0.2) is 4.99 Å². The lowest BCUT2D eigenvalue weighted by atomic mass is 10.1. The molecule has 0 radical (unpaired) electrons. The SMILES string of the molecule is NC(=NCc1cccc(O)c1)NCCc1ccccc1. The summed E-state index contributed by atoms with van der Waals surface area (Å²) in [5.74, 6) is 0.664. The van der Waals surface area contributed by atoms with Crippen molar-refractivity contribution in [2.24, 2.45) is 10.7 Å². The first-order chi connectivity index (χ1) is 9.74. The van der Waals surface area contributed by atoms with Gasteiger partial charge in [0, 0.05) is 6.54 Å². The first-order valence-corrected chi connectivity index (χ1v) is 6.59. The number of nitrogens with zero attached hydrogens (tertiary/aromatic N) is 1. The highest BCUT2D eigenvalue weighted by Gasteiger charge is 1.96. The molecule has 0 saturated heterocycles. The molecule has 20 heavy (non-hydrogen) atoms. The summed E-state index contributed by atoms with van der Waals surface area (Å²) < 4.78 is 0. The Kier molecular flexibility index (Phi) is 5.00. The van der Waals surface area contributed by atoms with Gasteiger partial charge in [-0.3, -0.25) is 0 Å². The Balaban J connectivity index is 1.77. The van der Waals surface area contributed by atoms with Crippen LogP contribution in [0, 0.1) is 0 Å². The van der Waals surface area contributed by atoms with Gasteiger partial charge in [0.15, 0.2) is 5.96 Å². The van der Waals surface area contributed by atoms with Gasteiger partial charge in [0.2, 0.25) is 0 Å². The standard InChI is InChI=1S/C16H19N3O/c17-16(18-10-9-13-5-2-1-3-6-13)19-12-14-7-4-8-15(20)11-14/h1-8,11,20H,9-10,12H2,(H3,17,18,19). The largest absolute Gasteiger partial charge is 0.508 e. The summed E-state index contributed by atoms with van der Waals surface area (Å²) in [6.07, 6.45) is 0.906. The van der Waals surface area contributed by atoms with E-state index in [1.54, 1.807) is 18.2 Å². The maximum absolute atomic E-state index is 9.35. The minimum atomic E-state index is 0.244. The van der Waals surface area contributed by atoms with Crippen molar-refractivity contribution in [1.82, 2.24) is 5.32 Å². The molecule has 0 saturated carbocycles. The van der Waals surface area contributed by atoms with E-state index in [0.29, 0.717) is 12.5 Å². The van der Waals surface area contributed by atoms with E-state index in [-0.39, 0.29) is 5.75 Å². The molecule has 4 nitrogen and oxygen atoms in total. The lowest BCUT2D eigenvalue weighted by molar-refractivity contribution is 0.474. The van der Waals surface area contributed by atoms with E-state index in [1.165, 1.54) is 5.56 Å². The van der Waals surface area contributed by atoms with E-state index in [1.807, 2.05) is 24.3 Å². The number of aromatic hydroxyl groups is 1. The molecule has 2 aromatic carbocycles. The number of guanidine groups is 1. The minimum Gasteiger partial charge on any atom is -0.508 e. The highest BCUT2D eigenvalue weighted by Crippen LogP contribution is 2.11. The normalized spacial score (nSPS) is 11.3. The van der Waals surface area contributed by atoms with Gasteiger partial charge < -0.3 is 16.2 Å². The van der Waals surface area contributed by atoms with Crippen molar-refractivity contribution < 1.29 is 5.11 Å². The van der Waals surface area contributed by atoms with Crippen LogP contribution in [0.15, 0.2) is 59.6 Å². The second-order valence-corrected chi connectivity index (χ2v) is 4.53. The maximum Gasteiger partial charge on any atom is 0.188 e. The van der Waals surface area contributed by atoms with Gasteiger partial charge in [0.1, 0.15) is 5.75 Å². The van der Waals surface area contributed by atoms with Crippen LogP contribution >= 0.6 is 0 Å². The second-order valence-electron chi connectivity index (χ2n) is 4.53. The van der Waals surface area contributed by atoms with Crippen LogP contribution in [-0.2, 0) is 13.0 Å². The molecule has 0 spiro atoms. The molecule has 0 aliphatic carbocycles. The van der Waals surface area contributed by atoms with E-state index >= 15 is 0 Å². The van der Waals surface area contributed by atoms with E-state index in [0.717, 1.165) is 18.5 Å². The number of aliphatic imine (C=N–C) groups is 1. The number of nitrogens with one attached hydrogen (secondary N) is 1. The highest BCUT2D eigenvalue weighted by atomic mass is 16.3. The molecule has 0 amide bonds. The molecular weight excluding hydrogens is 250 g/mol. The number of benzene rings is 2. The fourth-order valence-corrected chi connectivity index (χ4v) is 1.87. The Bertz CT molecular complexity index is 567. The quantitative estimate of drug-likeness (QED) is 0.574. The number of hydrogen-bond donors (Lipinski definition) is 3. The van der Waals surface area contributed by atoms with Gasteiger partial charge >= 0.3 is 0 Å². The molecule has 0 aliphatic heterocycles. The van der Waals surface area contributed by atoms with Crippen molar-refractivity contribution in [3.8, 4) is 5.75 Å². The lowest BCUT2D eigenvalue weighted by Crippen LogP contribution is -2.33. The fourth-order valence-electron chi connectivity index (χ4n) is 1.87. The van der Waals surface area contributed by atoms with Gasteiger partial charge in [-0.05, 0) is 29.7 Å². The topological polar surface area (TPSA) is 70.6 Å². The van der Waals surface area contributed by atoms with Crippen LogP contribution in [0.25, 0.3) is 0 Å². The van der Waals surface area contributed by atoms with Crippen LogP contribution in [0.1, 0.15) is 11.1 Å². The molecule has 0 fully saturated rings. The molecule has 4 heteroatoms. The van der Waals surface area contributed by atoms with Crippen LogP contribution in [-0.4, -0.2) is 17.6 Å². The molecule has 0 bridgehead atoms. The van der Waals surface area contributed by atoms with E-state index < -0.39 is 0 Å². The Morgan fingerprint density at radius 1 is 1.05 bits per heavy atom. The summed E-state index contributed by atoms with van der Waals surface area (Å²) in [5, 5.41) is 12.4. The molecular formula is C16H19N3O. The number of phenols is 1. The van der Waals surface area contributed by atoms with Gasteiger partial charge in [-0.1, -0.05) is 42.5 Å². The van der Waals surface area contributed by atoms with Crippen LogP contribution < -0.4 is 11.1 Å². The van der Waals surface area contributed by atoms with E-state index in [9.17, 15) is 5.11 Å². The van der Waals surface area contributed by atoms with Gasteiger partial charge in [-0.2, -0.15) is 0 Å². The van der Waals surface area contributed by atoms with Crippen LogP contribution in [0.5, 0.6) is 5.75 Å². The first-order valence-electron chi connectivity index (χ1n) is 6.59. The van der Waals surface area contributed by atoms with E-state index in [2.05, 4.69) is 22.4 Å². The van der Waals surface area contributed by atoms with Crippen molar-refractivity contribution >= 4 is 5.96 Å². The van der Waals surface area contributed by atoms with Crippen LogP contribution in [0.3, 0.4) is 0 Å². The number of hydrogen-bond acceptors (Lipinski definition) is 2. The van der Waals surface area contributed by atoms with Gasteiger partial charge in [0.05, 0.1) is 6.54 Å². The zero-order valence-corrected chi connectivity index (χ0v) is 11.3. The Morgan fingerprint density at radius 3 is 2.55 bits per heavy atom. The van der Waals surface area contributed by atoms with Gasteiger partial charge in [-0.15, -0.1) is 0 Å². The smallest absolute Gasteiger partial charge is 0.188 e.